The summed E-state index contributed by atoms with van der Waals surface area (Å²) >= 11 is 0. The lowest BCUT2D eigenvalue weighted by molar-refractivity contribution is -0.148. The summed E-state index contributed by atoms with van der Waals surface area (Å²) in [6, 6.07) is 0. The van der Waals surface area contributed by atoms with Crippen LogP contribution in [0.5, 0.6) is 0 Å². The number of rotatable bonds is 2. The predicted octanol–water partition coefficient (Wildman–Crippen LogP) is 2.04. The zero-order valence-corrected chi connectivity index (χ0v) is 8.98. The van der Waals surface area contributed by atoms with Crippen LogP contribution in [0.2, 0.25) is 0 Å². The number of aliphatic carboxylic acids is 1. The number of carboxylic acids is 1. The SMILES string of the molecule is CC1CCC(C2=NOC(C(=O)O)C2)CC1. The Morgan fingerprint density at radius 1 is 1.40 bits per heavy atom. The van der Waals surface area contributed by atoms with Gasteiger partial charge in [-0.25, -0.2) is 4.79 Å². The number of carboxylic acid groups (broad SMARTS) is 1. The molecule has 15 heavy (non-hydrogen) atoms. The molecule has 1 atom stereocenters. The summed E-state index contributed by atoms with van der Waals surface area (Å²) in [5, 5.41) is 12.7. The molecule has 1 unspecified atom stereocenters. The minimum atomic E-state index is -0.905. The average molecular weight is 211 g/mol. The van der Waals surface area contributed by atoms with Crippen molar-refractivity contribution in [2.24, 2.45) is 17.0 Å². The smallest absolute Gasteiger partial charge is 0.348 e. The van der Waals surface area contributed by atoms with Crippen LogP contribution in [0.4, 0.5) is 0 Å². The van der Waals surface area contributed by atoms with Crippen LogP contribution in [0.3, 0.4) is 0 Å². The van der Waals surface area contributed by atoms with Crippen molar-refractivity contribution in [1.82, 2.24) is 0 Å². The van der Waals surface area contributed by atoms with E-state index in [1.165, 1.54) is 12.8 Å². The molecule has 0 spiro atoms. The summed E-state index contributed by atoms with van der Waals surface area (Å²) in [6.45, 7) is 2.27. The van der Waals surface area contributed by atoms with E-state index < -0.39 is 12.1 Å². The van der Waals surface area contributed by atoms with Crippen molar-refractivity contribution in [3.63, 3.8) is 0 Å². The minimum absolute atomic E-state index is 0.463. The van der Waals surface area contributed by atoms with Crippen LogP contribution in [-0.4, -0.2) is 22.9 Å². The van der Waals surface area contributed by atoms with Gasteiger partial charge in [-0.05, 0) is 18.8 Å². The highest BCUT2D eigenvalue weighted by atomic mass is 16.7. The van der Waals surface area contributed by atoms with Gasteiger partial charge in [-0.2, -0.15) is 0 Å². The van der Waals surface area contributed by atoms with Crippen LogP contribution in [-0.2, 0) is 9.63 Å². The van der Waals surface area contributed by atoms with E-state index in [0.29, 0.717) is 12.3 Å². The molecule has 0 saturated heterocycles. The Morgan fingerprint density at radius 2 is 2.07 bits per heavy atom. The average Bonchev–Trinajstić information content (AvgIpc) is 2.68. The second kappa shape index (κ2) is 4.21. The molecule has 1 heterocycles. The first-order valence-corrected chi connectivity index (χ1v) is 5.62. The fourth-order valence-electron chi connectivity index (χ4n) is 2.36. The summed E-state index contributed by atoms with van der Waals surface area (Å²) < 4.78 is 0. The summed E-state index contributed by atoms with van der Waals surface area (Å²) in [7, 11) is 0. The number of carbonyl (C=O) groups is 1. The van der Waals surface area contributed by atoms with Crippen molar-refractivity contribution >= 4 is 11.7 Å². The van der Waals surface area contributed by atoms with Crippen molar-refractivity contribution < 1.29 is 14.7 Å². The maximum absolute atomic E-state index is 10.7. The lowest BCUT2D eigenvalue weighted by atomic mass is 9.79. The van der Waals surface area contributed by atoms with Crippen molar-refractivity contribution in [3.8, 4) is 0 Å². The van der Waals surface area contributed by atoms with Crippen LogP contribution in [0.25, 0.3) is 0 Å². The van der Waals surface area contributed by atoms with Crippen molar-refractivity contribution in [3.05, 3.63) is 0 Å². The highest BCUT2D eigenvalue weighted by Gasteiger charge is 2.33. The molecule has 0 aromatic rings. The van der Waals surface area contributed by atoms with E-state index in [2.05, 4.69) is 12.1 Å². The Hall–Kier alpha value is -1.06. The van der Waals surface area contributed by atoms with E-state index in [0.717, 1.165) is 24.5 Å². The molecule has 2 rings (SSSR count). The zero-order valence-electron chi connectivity index (χ0n) is 8.98. The Labute approximate surface area is 89.3 Å². The highest BCUT2D eigenvalue weighted by molar-refractivity contribution is 5.92. The number of nitrogens with zero attached hydrogens (tertiary/aromatic N) is 1. The summed E-state index contributed by atoms with van der Waals surface area (Å²) in [5.74, 6) is 0.364. The lowest BCUT2D eigenvalue weighted by Gasteiger charge is -2.25. The first-order valence-electron chi connectivity index (χ1n) is 5.62. The molecule has 0 bridgehead atoms. The largest absolute Gasteiger partial charge is 0.478 e. The third-order valence-corrected chi connectivity index (χ3v) is 3.45. The first kappa shape index (κ1) is 10.5. The first-order chi connectivity index (χ1) is 7.16. The van der Waals surface area contributed by atoms with Crippen molar-refractivity contribution in [1.29, 1.82) is 0 Å². The van der Waals surface area contributed by atoms with Crippen LogP contribution < -0.4 is 0 Å². The van der Waals surface area contributed by atoms with Crippen molar-refractivity contribution in [2.75, 3.05) is 0 Å². The molecule has 4 heteroatoms. The third kappa shape index (κ3) is 2.30. The Bertz CT molecular complexity index is 280. The molecule has 0 amide bonds. The zero-order chi connectivity index (χ0) is 10.8. The summed E-state index contributed by atoms with van der Waals surface area (Å²) in [5.41, 5.74) is 0.967. The van der Waals surface area contributed by atoms with E-state index in [1.807, 2.05) is 0 Å². The molecule has 2 aliphatic rings. The third-order valence-electron chi connectivity index (χ3n) is 3.45. The van der Waals surface area contributed by atoms with E-state index in [-0.39, 0.29) is 0 Å². The van der Waals surface area contributed by atoms with Crippen LogP contribution in [0.15, 0.2) is 5.16 Å². The van der Waals surface area contributed by atoms with Gasteiger partial charge in [0.1, 0.15) is 0 Å². The molecule has 1 saturated carbocycles. The van der Waals surface area contributed by atoms with Gasteiger partial charge < -0.3 is 9.94 Å². The maximum Gasteiger partial charge on any atom is 0.348 e. The standard InChI is InChI=1S/C11H17NO3/c1-7-2-4-8(5-3-7)9-6-10(11(13)14)15-12-9/h7-8,10H,2-6H2,1H3,(H,13,14). The topological polar surface area (TPSA) is 58.9 Å². The van der Waals surface area contributed by atoms with Gasteiger partial charge in [-0.15, -0.1) is 0 Å². The number of oxime groups is 1. The second-order valence-corrected chi connectivity index (χ2v) is 4.68. The minimum Gasteiger partial charge on any atom is -0.478 e. The maximum atomic E-state index is 10.7. The highest BCUT2D eigenvalue weighted by Crippen LogP contribution is 2.32. The second-order valence-electron chi connectivity index (χ2n) is 4.68. The molecule has 1 aliphatic carbocycles. The molecule has 84 valence electrons. The van der Waals surface area contributed by atoms with Gasteiger partial charge in [-0.3, -0.25) is 0 Å². The number of hydrogen-bond donors (Lipinski definition) is 1. The van der Waals surface area contributed by atoms with Gasteiger partial charge in [0.05, 0.1) is 5.71 Å². The molecule has 0 radical (unpaired) electrons. The van der Waals surface area contributed by atoms with E-state index in [1.54, 1.807) is 0 Å². The fraction of sp³-hybridized carbons (Fsp3) is 0.818. The van der Waals surface area contributed by atoms with Crippen molar-refractivity contribution in [2.45, 2.75) is 45.1 Å². The molecule has 0 aromatic heterocycles. The summed E-state index contributed by atoms with van der Waals surface area (Å²) in [6.07, 6.45) is 4.46. The molecule has 1 aliphatic heterocycles. The summed E-state index contributed by atoms with van der Waals surface area (Å²) in [4.78, 5) is 15.6. The van der Waals surface area contributed by atoms with E-state index in [4.69, 9.17) is 9.94 Å². The fourth-order valence-corrected chi connectivity index (χ4v) is 2.36. The normalized spacial score (nSPS) is 35.8. The van der Waals surface area contributed by atoms with Gasteiger partial charge in [0, 0.05) is 12.3 Å². The van der Waals surface area contributed by atoms with Gasteiger partial charge in [0.2, 0.25) is 6.10 Å². The van der Waals surface area contributed by atoms with Gasteiger partial charge in [-0.1, -0.05) is 24.9 Å². The molecule has 1 fully saturated rings. The quantitative estimate of drug-likeness (QED) is 0.760. The van der Waals surface area contributed by atoms with Gasteiger partial charge >= 0.3 is 5.97 Å². The lowest BCUT2D eigenvalue weighted by Crippen LogP contribution is -2.24. The molecular weight excluding hydrogens is 194 g/mol. The van der Waals surface area contributed by atoms with Crippen LogP contribution in [0.1, 0.15) is 39.0 Å². The number of hydrogen-bond acceptors (Lipinski definition) is 3. The van der Waals surface area contributed by atoms with E-state index in [9.17, 15) is 4.79 Å². The Balaban J connectivity index is 1.88. The predicted molar refractivity (Wildman–Crippen MR) is 55.7 cm³/mol. The molecule has 0 aromatic carbocycles. The molecule has 1 N–H and O–H groups in total. The monoisotopic (exact) mass is 211 g/mol. The van der Waals surface area contributed by atoms with Gasteiger partial charge in [0.25, 0.3) is 0 Å². The van der Waals surface area contributed by atoms with Crippen LogP contribution in [0, 0.1) is 11.8 Å². The van der Waals surface area contributed by atoms with E-state index >= 15 is 0 Å². The van der Waals surface area contributed by atoms with Crippen LogP contribution >= 0.6 is 0 Å². The molecule has 4 nitrogen and oxygen atoms in total. The van der Waals surface area contributed by atoms with Gasteiger partial charge in [0.15, 0.2) is 0 Å². The Morgan fingerprint density at radius 3 is 2.60 bits per heavy atom. The molecular formula is C11H17NO3. The Kier molecular flexibility index (Phi) is 2.93.